The highest BCUT2D eigenvalue weighted by Gasteiger charge is 2.34. The summed E-state index contributed by atoms with van der Waals surface area (Å²) in [4.78, 5) is 17.7. The molecule has 0 aliphatic heterocycles. The van der Waals surface area contributed by atoms with E-state index in [4.69, 9.17) is 5.11 Å². The summed E-state index contributed by atoms with van der Waals surface area (Å²) in [5.74, 6) is -1.61. The van der Waals surface area contributed by atoms with Gasteiger partial charge in [-0.05, 0) is 18.2 Å². The zero-order valence-electron chi connectivity index (χ0n) is 10.8. The number of aliphatic carboxylic acids is 1. The summed E-state index contributed by atoms with van der Waals surface area (Å²) in [5, 5.41) is 10.8. The maximum Gasteiger partial charge on any atom is 0.433 e. The van der Waals surface area contributed by atoms with Crippen molar-refractivity contribution in [3.05, 3.63) is 30.1 Å². The summed E-state index contributed by atoms with van der Waals surface area (Å²) < 4.78 is 40.1. The molecular weight excluding hydrogens is 289 g/mol. The number of hydrogen-bond acceptors (Lipinski definition) is 4. The number of halogens is 3. The molecule has 2 rings (SSSR count). The number of carboxylic acid groups (broad SMARTS) is 1. The lowest BCUT2D eigenvalue weighted by Crippen LogP contribution is -2.17. The number of carbonyl (C=O) groups is 1. The van der Waals surface area contributed by atoms with Crippen LogP contribution >= 0.6 is 0 Å². The van der Waals surface area contributed by atoms with Crippen molar-refractivity contribution in [3.8, 4) is 11.4 Å². The minimum atomic E-state index is -4.65. The summed E-state index contributed by atoms with van der Waals surface area (Å²) >= 11 is 0. The predicted octanol–water partition coefficient (Wildman–Crippen LogP) is 2.00. The van der Waals surface area contributed by atoms with Crippen molar-refractivity contribution < 1.29 is 23.1 Å². The molecule has 2 heterocycles. The third-order valence-corrected chi connectivity index (χ3v) is 2.62. The van der Waals surface area contributed by atoms with E-state index in [9.17, 15) is 18.0 Å². The Morgan fingerprint density at radius 1 is 1.43 bits per heavy atom. The van der Waals surface area contributed by atoms with Crippen molar-refractivity contribution in [1.29, 1.82) is 0 Å². The van der Waals surface area contributed by atoms with Crippen molar-refractivity contribution in [3.63, 3.8) is 0 Å². The van der Waals surface area contributed by atoms with E-state index in [1.54, 1.807) is 29.9 Å². The van der Waals surface area contributed by atoms with Gasteiger partial charge in [-0.2, -0.15) is 13.2 Å². The van der Waals surface area contributed by atoms with Crippen LogP contribution in [0.5, 0.6) is 0 Å². The summed E-state index contributed by atoms with van der Waals surface area (Å²) in [6, 6.07) is 4.08. The van der Waals surface area contributed by atoms with Gasteiger partial charge in [0.1, 0.15) is 6.54 Å². The predicted molar refractivity (Wildman–Crippen MR) is 67.6 cm³/mol. The second kappa shape index (κ2) is 5.43. The Morgan fingerprint density at radius 3 is 2.67 bits per heavy atom. The number of nitrogens with one attached hydrogen (secondary N) is 1. The number of rotatable bonds is 4. The van der Waals surface area contributed by atoms with E-state index in [1.807, 2.05) is 0 Å². The summed E-state index contributed by atoms with van der Waals surface area (Å²) in [5.41, 5.74) is -0.624. The van der Waals surface area contributed by atoms with Crippen molar-refractivity contribution in [2.75, 3.05) is 11.9 Å². The molecule has 0 amide bonds. The number of aryl methyl sites for hydroxylation is 1. The van der Waals surface area contributed by atoms with Crippen LogP contribution in [-0.2, 0) is 18.0 Å². The van der Waals surface area contributed by atoms with Crippen molar-refractivity contribution in [2.24, 2.45) is 7.05 Å². The first-order valence-electron chi connectivity index (χ1n) is 5.81. The van der Waals surface area contributed by atoms with Gasteiger partial charge in [-0.1, -0.05) is 0 Å². The average Bonchev–Trinajstić information content (AvgIpc) is 2.81. The first-order chi connectivity index (χ1) is 9.77. The average molecular weight is 300 g/mol. The molecule has 6 nitrogen and oxygen atoms in total. The van der Waals surface area contributed by atoms with Gasteiger partial charge in [0, 0.05) is 13.2 Å². The fraction of sp³-hybridized carbons (Fsp3) is 0.250. The van der Waals surface area contributed by atoms with E-state index in [2.05, 4.69) is 15.3 Å². The molecule has 2 aromatic rings. The highest BCUT2D eigenvalue weighted by atomic mass is 19.4. The van der Waals surface area contributed by atoms with Gasteiger partial charge < -0.3 is 15.0 Å². The van der Waals surface area contributed by atoms with Crippen LogP contribution in [-0.4, -0.2) is 32.2 Å². The Balaban J connectivity index is 2.47. The largest absolute Gasteiger partial charge is 0.480 e. The van der Waals surface area contributed by atoms with E-state index in [0.29, 0.717) is 5.69 Å². The zero-order valence-corrected chi connectivity index (χ0v) is 10.8. The molecule has 0 atom stereocenters. The third kappa shape index (κ3) is 3.50. The second-order valence-corrected chi connectivity index (χ2v) is 4.21. The van der Waals surface area contributed by atoms with Gasteiger partial charge in [-0.3, -0.25) is 4.79 Å². The Bertz CT molecular complexity index is 667. The Labute approximate surface area is 117 Å². The van der Waals surface area contributed by atoms with E-state index in [1.165, 1.54) is 0 Å². The highest BCUT2D eigenvalue weighted by Crippen LogP contribution is 2.31. The van der Waals surface area contributed by atoms with E-state index >= 15 is 0 Å². The molecule has 21 heavy (non-hydrogen) atoms. The fourth-order valence-electron chi connectivity index (χ4n) is 1.68. The third-order valence-electron chi connectivity index (χ3n) is 2.62. The molecule has 9 heteroatoms. The molecule has 0 aliphatic rings. The van der Waals surface area contributed by atoms with Crippen molar-refractivity contribution in [1.82, 2.24) is 14.5 Å². The van der Waals surface area contributed by atoms with Crippen LogP contribution in [0, 0.1) is 0 Å². The molecule has 0 radical (unpaired) electrons. The molecule has 0 aromatic carbocycles. The number of carboxylic acids is 1. The van der Waals surface area contributed by atoms with E-state index < -0.39 is 24.4 Å². The van der Waals surface area contributed by atoms with Crippen LogP contribution in [0.15, 0.2) is 24.4 Å². The molecule has 2 N–H and O–H groups in total. The molecule has 0 spiro atoms. The van der Waals surface area contributed by atoms with Crippen LogP contribution in [0.2, 0.25) is 0 Å². The van der Waals surface area contributed by atoms with Crippen LogP contribution < -0.4 is 5.32 Å². The van der Waals surface area contributed by atoms with Crippen LogP contribution in [0.4, 0.5) is 19.1 Å². The lowest BCUT2D eigenvalue weighted by atomic mass is 10.2. The van der Waals surface area contributed by atoms with Gasteiger partial charge in [0.15, 0.2) is 5.69 Å². The van der Waals surface area contributed by atoms with Gasteiger partial charge >= 0.3 is 12.1 Å². The molecule has 0 unspecified atom stereocenters. The molecule has 0 bridgehead atoms. The van der Waals surface area contributed by atoms with Gasteiger partial charge in [0.2, 0.25) is 5.95 Å². The summed E-state index contributed by atoms with van der Waals surface area (Å²) in [6.45, 7) is -0.576. The first-order valence-corrected chi connectivity index (χ1v) is 5.81. The SMILES string of the molecule is Cn1cccc1-c1cc(C(F)(F)F)nc(NCC(=O)O)n1. The number of alkyl halides is 3. The number of hydrogen-bond donors (Lipinski definition) is 2. The molecule has 112 valence electrons. The lowest BCUT2D eigenvalue weighted by molar-refractivity contribution is -0.141. The number of aromatic nitrogens is 3. The summed E-state index contributed by atoms with van der Waals surface area (Å²) in [7, 11) is 1.66. The molecule has 2 aromatic heterocycles. The standard InChI is InChI=1S/C12H11F3N4O2/c1-19-4-2-3-8(19)7-5-9(12(13,14)15)18-11(17-7)16-6-10(20)21/h2-5H,6H2,1H3,(H,20,21)(H,16,17,18). The molecule has 0 saturated carbocycles. The summed E-state index contributed by atoms with van der Waals surface area (Å²) in [6.07, 6.45) is -2.99. The molecule has 0 saturated heterocycles. The smallest absolute Gasteiger partial charge is 0.433 e. The minimum Gasteiger partial charge on any atom is -0.480 e. The maximum absolute atomic E-state index is 12.8. The van der Waals surface area contributed by atoms with Gasteiger partial charge in [0.25, 0.3) is 0 Å². The highest BCUT2D eigenvalue weighted by molar-refractivity contribution is 5.72. The van der Waals surface area contributed by atoms with Gasteiger partial charge in [-0.25, -0.2) is 9.97 Å². The Kier molecular flexibility index (Phi) is 3.83. The minimum absolute atomic E-state index is 0.0534. The monoisotopic (exact) mass is 300 g/mol. The second-order valence-electron chi connectivity index (χ2n) is 4.21. The normalized spacial score (nSPS) is 11.4. The van der Waals surface area contributed by atoms with Crippen molar-refractivity contribution >= 4 is 11.9 Å². The van der Waals surface area contributed by atoms with Gasteiger partial charge in [0.05, 0.1) is 11.4 Å². The fourth-order valence-corrected chi connectivity index (χ4v) is 1.68. The van der Waals surface area contributed by atoms with Crippen LogP contribution in [0.1, 0.15) is 5.69 Å². The van der Waals surface area contributed by atoms with Crippen molar-refractivity contribution in [2.45, 2.75) is 6.18 Å². The number of anilines is 1. The lowest BCUT2D eigenvalue weighted by Gasteiger charge is -2.11. The van der Waals surface area contributed by atoms with E-state index in [0.717, 1.165) is 6.07 Å². The zero-order chi connectivity index (χ0) is 15.6. The Morgan fingerprint density at radius 2 is 2.14 bits per heavy atom. The topological polar surface area (TPSA) is 80.0 Å². The Hall–Kier alpha value is -2.58. The first kappa shape index (κ1) is 14.8. The van der Waals surface area contributed by atoms with Gasteiger partial charge in [-0.15, -0.1) is 0 Å². The van der Waals surface area contributed by atoms with E-state index in [-0.39, 0.29) is 11.6 Å². The molecule has 0 aliphatic carbocycles. The number of nitrogens with zero attached hydrogens (tertiary/aromatic N) is 3. The molecule has 0 fully saturated rings. The maximum atomic E-state index is 12.8. The molecular formula is C12H11F3N4O2. The van der Waals surface area contributed by atoms with Crippen LogP contribution in [0.3, 0.4) is 0 Å². The quantitative estimate of drug-likeness (QED) is 0.902. The van der Waals surface area contributed by atoms with Crippen LogP contribution in [0.25, 0.3) is 11.4 Å².